The van der Waals surface area contributed by atoms with Crippen LogP contribution < -0.4 is 0 Å². The lowest BCUT2D eigenvalue weighted by atomic mass is 9.75. The number of hydrogen-bond acceptors (Lipinski definition) is 2. The molecule has 2 nitrogen and oxygen atoms in total. The van der Waals surface area contributed by atoms with Crippen LogP contribution in [-0.4, -0.2) is 5.97 Å². The fraction of sp³-hybridized carbons (Fsp3) is 0.444. The van der Waals surface area contributed by atoms with Crippen LogP contribution in [-0.2, 0) is 9.53 Å². The topological polar surface area (TPSA) is 26.3 Å². The lowest BCUT2D eigenvalue weighted by molar-refractivity contribution is -0.155. The number of fused-ring (bicyclic) bond motifs is 3. The summed E-state index contributed by atoms with van der Waals surface area (Å²) in [6.07, 6.45) is 5.28. The molecule has 2 heteroatoms. The van der Waals surface area contributed by atoms with E-state index in [1.807, 2.05) is 6.92 Å². The van der Waals surface area contributed by atoms with Gasteiger partial charge in [0, 0.05) is 0 Å². The van der Waals surface area contributed by atoms with E-state index in [0.29, 0.717) is 0 Å². The Bertz CT molecular complexity index is 998. The molecule has 0 saturated heterocycles. The van der Waals surface area contributed by atoms with Gasteiger partial charge in [-0.15, -0.1) is 0 Å². The Hall–Kier alpha value is -2.35. The van der Waals surface area contributed by atoms with Gasteiger partial charge in [-0.3, -0.25) is 4.79 Å². The number of ether oxygens (including phenoxy) is 1. The fourth-order valence-corrected chi connectivity index (χ4v) is 4.88. The SMILES string of the molecule is CCC(C)C1CCC(C(=O)OC(C)c2ccc3c(ccc4ccccc43)c2)CC1. The molecule has 2 unspecified atom stereocenters. The van der Waals surface area contributed by atoms with Crippen molar-refractivity contribution in [3.05, 3.63) is 60.2 Å². The van der Waals surface area contributed by atoms with Gasteiger partial charge in [0.1, 0.15) is 6.10 Å². The third-order valence-electron chi connectivity index (χ3n) is 7.09. The highest BCUT2D eigenvalue weighted by molar-refractivity contribution is 6.07. The summed E-state index contributed by atoms with van der Waals surface area (Å²) in [7, 11) is 0. The average molecular weight is 389 g/mol. The Balaban J connectivity index is 1.44. The standard InChI is InChI=1S/C27H32O2/c1-4-18(2)20-9-12-22(13-10-20)27(28)29-19(3)23-15-16-26-24(17-23)14-11-21-7-5-6-8-25(21)26/h5-8,11,14-20,22H,4,9-10,12-13H2,1-3H3. The van der Waals surface area contributed by atoms with Gasteiger partial charge in [-0.05, 0) is 77.6 Å². The van der Waals surface area contributed by atoms with E-state index in [9.17, 15) is 4.79 Å². The number of benzene rings is 3. The van der Waals surface area contributed by atoms with Crippen LogP contribution in [0.15, 0.2) is 54.6 Å². The molecule has 1 aliphatic carbocycles. The lowest BCUT2D eigenvalue weighted by Crippen LogP contribution is -2.26. The van der Waals surface area contributed by atoms with Gasteiger partial charge >= 0.3 is 5.97 Å². The third-order valence-corrected chi connectivity index (χ3v) is 7.09. The minimum Gasteiger partial charge on any atom is -0.458 e. The predicted molar refractivity (Wildman–Crippen MR) is 121 cm³/mol. The van der Waals surface area contributed by atoms with Gasteiger partial charge < -0.3 is 4.74 Å². The van der Waals surface area contributed by atoms with Gasteiger partial charge in [0.05, 0.1) is 5.92 Å². The molecule has 1 saturated carbocycles. The number of carbonyl (C=O) groups is 1. The Kier molecular flexibility index (Phi) is 5.89. The minimum atomic E-state index is -0.217. The van der Waals surface area contributed by atoms with E-state index in [2.05, 4.69) is 68.4 Å². The van der Waals surface area contributed by atoms with Crippen LogP contribution in [0.1, 0.15) is 64.5 Å². The van der Waals surface area contributed by atoms with Crippen molar-refractivity contribution in [1.29, 1.82) is 0 Å². The van der Waals surface area contributed by atoms with E-state index in [-0.39, 0.29) is 18.0 Å². The first kappa shape index (κ1) is 19.9. The molecule has 152 valence electrons. The summed E-state index contributed by atoms with van der Waals surface area (Å²) >= 11 is 0. The number of rotatable bonds is 5. The molecule has 0 bridgehead atoms. The maximum absolute atomic E-state index is 12.7. The Morgan fingerprint density at radius 1 is 0.931 bits per heavy atom. The van der Waals surface area contributed by atoms with Gasteiger partial charge in [-0.1, -0.05) is 68.8 Å². The Labute approximate surface area is 174 Å². The predicted octanol–water partition coefficient (Wildman–Crippen LogP) is 7.45. The summed E-state index contributed by atoms with van der Waals surface area (Å²) < 4.78 is 5.90. The molecule has 3 aromatic rings. The van der Waals surface area contributed by atoms with Crippen LogP contribution in [0.25, 0.3) is 21.5 Å². The Morgan fingerprint density at radius 3 is 2.38 bits per heavy atom. The summed E-state index contributed by atoms with van der Waals surface area (Å²) in [5.74, 6) is 1.59. The number of esters is 1. The zero-order valence-electron chi connectivity index (χ0n) is 17.9. The van der Waals surface area contributed by atoms with Gasteiger partial charge in [0.2, 0.25) is 0 Å². The molecule has 2 atom stereocenters. The van der Waals surface area contributed by atoms with Crippen molar-refractivity contribution < 1.29 is 9.53 Å². The molecule has 4 rings (SSSR count). The number of hydrogen-bond donors (Lipinski definition) is 0. The zero-order chi connectivity index (χ0) is 20.4. The molecule has 29 heavy (non-hydrogen) atoms. The second-order valence-corrected chi connectivity index (χ2v) is 8.84. The quantitative estimate of drug-likeness (QED) is 0.335. The van der Waals surface area contributed by atoms with Crippen molar-refractivity contribution in [3.63, 3.8) is 0 Å². The maximum Gasteiger partial charge on any atom is 0.309 e. The minimum absolute atomic E-state index is 0.0151. The largest absolute Gasteiger partial charge is 0.458 e. The molecule has 0 radical (unpaired) electrons. The van der Waals surface area contributed by atoms with Gasteiger partial charge in [-0.25, -0.2) is 0 Å². The van der Waals surface area contributed by atoms with Crippen molar-refractivity contribution in [2.24, 2.45) is 17.8 Å². The first-order valence-electron chi connectivity index (χ1n) is 11.2. The molecule has 1 aliphatic rings. The summed E-state index contributed by atoms with van der Waals surface area (Å²) in [6, 6.07) is 19.2. The molecular formula is C27H32O2. The zero-order valence-corrected chi connectivity index (χ0v) is 17.9. The van der Waals surface area contributed by atoms with Crippen LogP contribution in [0.2, 0.25) is 0 Å². The second-order valence-electron chi connectivity index (χ2n) is 8.84. The van der Waals surface area contributed by atoms with Crippen LogP contribution in [0.4, 0.5) is 0 Å². The second kappa shape index (κ2) is 8.57. The average Bonchev–Trinajstić information content (AvgIpc) is 2.78. The highest BCUT2D eigenvalue weighted by Gasteiger charge is 2.30. The molecule has 0 spiro atoms. The summed E-state index contributed by atoms with van der Waals surface area (Å²) in [5, 5.41) is 4.95. The van der Waals surface area contributed by atoms with Crippen LogP contribution >= 0.6 is 0 Å². The van der Waals surface area contributed by atoms with E-state index >= 15 is 0 Å². The van der Waals surface area contributed by atoms with E-state index in [1.165, 1.54) is 28.0 Å². The smallest absolute Gasteiger partial charge is 0.309 e. The molecule has 1 fully saturated rings. The van der Waals surface area contributed by atoms with Crippen molar-refractivity contribution in [1.82, 2.24) is 0 Å². The molecule has 0 aromatic heterocycles. The van der Waals surface area contributed by atoms with Gasteiger partial charge in [-0.2, -0.15) is 0 Å². The first-order chi connectivity index (χ1) is 14.1. The highest BCUT2D eigenvalue weighted by Crippen LogP contribution is 2.36. The van der Waals surface area contributed by atoms with Crippen LogP contribution in [0.3, 0.4) is 0 Å². The highest BCUT2D eigenvalue weighted by atomic mass is 16.5. The molecule has 0 aliphatic heterocycles. The molecule has 3 aromatic carbocycles. The summed E-state index contributed by atoms with van der Waals surface area (Å²) in [5.41, 5.74) is 1.06. The maximum atomic E-state index is 12.7. The summed E-state index contributed by atoms with van der Waals surface area (Å²) in [4.78, 5) is 12.7. The molecule has 0 heterocycles. The van der Waals surface area contributed by atoms with E-state index in [1.54, 1.807) is 0 Å². The Morgan fingerprint density at radius 2 is 1.62 bits per heavy atom. The van der Waals surface area contributed by atoms with Crippen molar-refractivity contribution >= 4 is 27.5 Å². The third kappa shape index (κ3) is 4.17. The first-order valence-corrected chi connectivity index (χ1v) is 11.2. The monoisotopic (exact) mass is 388 g/mol. The number of carbonyl (C=O) groups excluding carboxylic acids is 1. The lowest BCUT2D eigenvalue weighted by Gasteiger charge is -2.31. The van der Waals surface area contributed by atoms with Gasteiger partial charge in [0.25, 0.3) is 0 Å². The van der Waals surface area contributed by atoms with E-state index in [0.717, 1.165) is 43.1 Å². The van der Waals surface area contributed by atoms with Crippen LogP contribution in [0, 0.1) is 17.8 Å². The normalized spacial score (nSPS) is 21.8. The van der Waals surface area contributed by atoms with Gasteiger partial charge in [0.15, 0.2) is 0 Å². The molecule has 0 N–H and O–H groups in total. The molecule has 0 amide bonds. The van der Waals surface area contributed by atoms with E-state index in [4.69, 9.17) is 4.74 Å². The fourth-order valence-electron chi connectivity index (χ4n) is 4.88. The summed E-state index contributed by atoms with van der Waals surface area (Å²) in [6.45, 7) is 6.60. The van der Waals surface area contributed by atoms with Crippen LogP contribution in [0.5, 0.6) is 0 Å². The van der Waals surface area contributed by atoms with Crippen molar-refractivity contribution in [2.75, 3.05) is 0 Å². The van der Waals surface area contributed by atoms with Crippen molar-refractivity contribution in [3.8, 4) is 0 Å². The van der Waals surface area contributed by atoms with Crippen molar-refractivity contribution in [2.45, 2.75) is 59.0 Å². The van der Waals surface area contributed by atoms with E-state index < -0.39 is 0 Å². The molecular weight excluding hydrogens is 356 g/mol.